The Bertz CT molecular complexity index is 1520. The van der Waals surface area contributed by atoms with Gasteiger partial charge in [0, 0.05) is 46.2 Å². The summed E-state index contributed by atoms with van der Waals surface area (Å²) in [5.41, 5.74) is 3.89. The number of hydrogen-bond acceptors (Lipinski definition) is 5. The first kappa shape index (κ1) is 23.5. The molecule has 0 saturated carbocycles. The molecule has 0 saturated heterocycles. The largest absolute Gasteiger partial charge is 0.493 e. The highest BCUT2D eigenvalue weighted by molar-refractivity contribution is 6.31. The van der Waals surface area contributed by atoms with E-state index in [-0.39, 0.29) is 17.5 Å². The fraction of sp³-hybridized carbons (Fsp3) is 0.143. The lowest BCUT2D eigenvalue weighted by atomic mass is 9.90. The van der Waals surface area contributed by atoms with Crippen molar-refractivity contribution in [3.8, 4) is 22.8 Å². The highest BCUT2D eigenvalue weighted by atomic mass is 35.5. The van der Waals surface area contributed by atoms with Crippen molar-refractivity contribution in [1.29, 1.82) is 0 Å². The van der Waals surface area contributed by atoms with Crippen molar-refractivity contribution in [1.82, 2.24) is 15.5 Å². The van der Waals surface area contributed by atoms with E-state index in [9.17, 15) is 4.79 Å². The number of carbonyl (C=O) groups excluding carboxylic acids is 1. The van der Waals surface area contributed by atoms with E-state index in [1.165, 1.54) is 0 Å². The number of nitrogens with zero attached hydrogens (tertiary/aromatic N) is 1. The van der Waals surface area contributed by atoms with E-state index in [1.807, 2.05) is 54.7 Å². The van der Waals surface area contributed by atoms with Crippen molar-refractivity contribution in [3.05, 3.63) is 101 Å². The number of amides is 1. The second-order valence-electron chi connectivity index (χ2n) is 8.22. The van der Waals surface area contributed by atoms with Crippen molar-refractivity contribution >= 4 is 28.4 Å². The Hall–Kier alpha value is -4.23. The third-order valence-corrected chi connectivity index (χ3v) is 6.50. The molecule has 0 spiro atoms. The first-order chi connectivity index (χ1) is 17.6. The fourth-order valence-corrected chi connectivity index (χ4v) is 4.59. The van der Waals surface area contributed by atoms with Crippen LogP contribution in [-0.2, 0) is 0 Å². The molecule has 182 valence electrons. The van der Waals surface area contributed by atoms with Crippen molar-refractivity contribution in [2.45, 2.75) is 5.92 Å². The van der Waals surface area contributed by atoms with Crippen LogP contribution in [0.5, 0.6) is 11.5 Å². The molecule has 2 aromatic heterocycles. The molecule has 3 aromatic carbocycles. The highest BCUT2D eigenvalue weighted by Gasteiger charge is 2.23. The Balaban J connectivity index is 1.39. The van der Waals surface area contributed by atoms with Crippen LogP contribution in [0.1, 0.15) is 27.5 Å². The quantitative estimate of drug-likeness (QED) is 0.270. The Labute approximate surface area is 213 Å². The molecule has 1 amide bonds. The van der Waals surface area contributed by atoms with Crippen LogP contribution in [0.25, 0.3) is 22.2 Å². The van der Waals surface area contributed by atoms with Gasteiger partial charge in [-0.15, -0.1) is 0 Å². The summed E-state index contributed by atoms with van der Waals surface area (Å²) < 4.78 is 16.1. The number of benzene rings is 3. The molecule has 7 nitrogen and oxygen atoms in total. The van der Waals surface area contributed by atoms with Gasteiger partial charge in [-0.25, -0.2) is 0 Å². The van der Waals surface area contributed by atoms with Gasteiger partial charge in [0.15, 0.2) is 23.0 Å². The van der Waals surface area contributed by atoms with Crippen LogP contribution in [-0.4, -0.2) is 36.8 Å². The smallest absolute Gasteiger partial charge is 0.273 e. The summed E-state index contributed by atoms with van der Waals surface area (Å²) in [5.74, 6) is 1.08. The maximum Gasteiger partial charge on any atom is 0.273 e. The van der Waals surface area contributed by atoms with E-state index < -0.39 is 0 Å². The average Bonchev–Trinajstić information content (AvgIpc) is 3.57. The van der Waals surface area contributed by atoms with Gasteiger partial charge in [0.2, 0.25) is 0 Å². The number of ether oxygens (including phenoxy) is 2. The molecule has 0 radical (unpaired) electrons. The zero-order chi connectivity index (χ0) is 25.1. The molecule has 0 aliphatic heterocycles. The van der Waals surface area contributed by atoms with Crippen LogP contribution in [0.2, 0.25) is 5.02 Å². The maximum atomic E-state index is 13.0. The Kier molecular flexibility index (Phi) is 6.64. The number of H-pyrrole nitrogens is 1. The molecule has 2 N–H and O–H groups in total. The van der Waals surface area contributed by atoms with Gasteiger partial charge in [0.25, 0.3) is 5.91 Å². The predicted molar refractivity (Wildman–Crippen MR) is 139 cm³/mol. The zero-order valence-corrected chi connectivity index (χ0v) is 20.5. The van der Waals surface area contributed by atoms with Crippen molar-refractivity contribution < 1.29 is 18.8 Å². The number of methoxy groups -OCH3 is 2. The van der Waals surface area contributed by atoms with E-state index in [0.29, 0.717) is 34.4 Å². The van der Waals surface area contributed by atoms with E-state index in [1.54, 1.807) is 32.4 Å². The van der Waals surface area contributed by atoms with Crippen LogP contribution < -0.4 is 14.8 Å². The summed E-state index contributed by atoms with van der Waals surface area (Å²) in [7, 11) is 3.13. The van der Waals surface area contributed by atoms with Crippen molar-refractivity contribution in [2.75, 3.05) is 20.8 Å². The summed E-state index contributed by atoms with van der Waals surface area (Å²) in [6, 6.07) is 22.7. The number of aromatic nitrogens is 2. The lowest BCUT2D eigenvalue weighted by Gasteiger charge is -2.19. The Morgan fingerprint density at radius 3 is 2.58 bits per heavy atom. The minimum absolute atomic E-state index is 0.170. The summed E-state index contributed by atoms with van der Waals surface area (Å²) in [4.78, 5) is 16.4. The molecule has 0 bridgehead atoms. The number of rotatable bonds is 8. The average molecular weight is 502 g/mol. The van der Waals surface area contributed by atoms with E-state index >= 15 is 0 Å². The molecule has 2 heterocycles. The normalized spacial score (nSPS) is 11.9. The van der Waals surface area contributed by atoms with Crippen LogP contribution in [0.4, 0.5) is 0 Å². The van der Waals surface area contributed by atoms with Gasteiger partial charge in [-0.3, -0.25) is 4.79 Å². The Morgan fingerprint density at radius 2 is 1.78 bits per heavy atom. The molecule has 1 unspecified atom stereocenters. The number of fused-ring (bicyclic) bond motifs is 1. The minimum atomic E-state index is -0.345. The topological polar surface area (TPSA) is 89.4 Å². The number of para-hydroxylation sites is 1. The molecular formula is C28H24ClN3O4. The van der Waals surface area contributed by atoms with Crippen LogP contribution in [0.3, 0.4) is 0 Å². The fourth-order valence-electron chi connectivity index (χ4n) is 4.32. The lowest BCUT2D eigenvalue weighted by molar-refractivity contribution is 0.0943. The van der Waals surface area contributed by atoms with Gasteiger partial charge in [-0.1, -0.05) is 53.2 Å². The van der Waals surface area contributed by atoms with Crippen LogP contribution in [0, 0.1) is 0 Å². The summed E-state index contributed by atoms with van der Waals surface area (Å²) in [6.07, 6.45) is 1.97. The lowest BCUT2D eigenvalue weighted by Crippen LogP contribution is -2.29. The third-order valence-electron chi connectivity index (χ3n) is 6.15. The van der Waals surface area contributed by atoms with Crippen molar-refractivity contribution in [3.63, 3.8) is 0 Å². The van der Waals surface area contributed by atoms with E-state index in [2.05, 4.69) is 21.5 Å². The number of nitrogens with one attached hydrogen (secondary N) is 2. The SMILES string of the molecule is COc1ccc(-c2cc(C(=O)NCC(c3ccccc3Cl)c3c[nH]c4ccccc34)no2)cc1OC. The molecular weight excluding hydrogens is 478 g/mol. The van der Waals surface area contributed by atoms with E-state index in [0.717, 1.165) is 22.0 Å². The molecule has 36 heavy (non-hydrogen) atoms. The number of hydrogen-bond donors (Lipinski definition) is 2. The molecule has 8 heteroatoms. The zero-order valence-electron chi connectivity index (χ0n) is 19.7. The number of aromatic amines is 1. The highest BCUT2D eigenvalue weighted by Crippen LogP contribution is 2.35. The first-order valence-electron chi connectivity index (χ1n) is 11.4. The van der Waals surface area contributed by atoms with Gasteiger partial charge in [0.1, 0.15) is 0 Å². The minimum Gasteiger partial charge on any atom is -0.493 e. The number of carbonyl (C=O) groups is 1. The molecule has 0 aliphatic carbocycles. The van der Waals surface area contributed by atoms with Crippen molar-refractivity contribution in [2.24, 2.45) is 0 Å². The maximum absolute atomic E-state index is 13.0. The predicted octanol–water partition coefficient (Wildman–Crippen LogP) is 6.06. The standard InChI is InChI=1S/C28H24ClN3O4/c1-34-25-12-11-17(13-27(25)35-2)26-14-24(32-36-26)28(33)31-16-20(18-7-3-5-9-22(18)29)21-15-30-23-10-6-4-8-19(21)23/h3-15,20,30H,16H2,1-2H3,(H,31,33). The first-order valence-corrected chi connectivity index (χ1v) is 11.7. The van der Waals surface area contributed by atoms with Gasteiger partial charge < -0.3 is 24.3 Å². The second kappa shape index (κ2) is 10.2. The summed E-state index contributed by atoms with van der Waals surface area (Å²) >= 11 is 6.57. The van der Waals surface area contributed by atoms with Gasteiger partial charge in [-0.05, 0) is 41.5 Å². The Morgan fingerprint density at radius 1 is 1.00 bits per heavy atom. The number of halogens is 1. The van der Waals surface area contributed by atoms with Crippen LogP contribution >= 0.6 is 11.6 Å². The van der Waals surface area contributed by atoms with Crippen LogP contribution in [0.15, 0.2) is 83.5 Å². The summed E-state index contributed by atoms with van der Waals surface area (Å²) in [5, 5.41) is 8.70. The molecule has 0 fully saturated rings. The van der Waals surface area contributed by atoms with Gasteiger partial charge in [0.05, 0.1) is 14.2 Å². The summed E-state index contributed by atoms with van der Waals surface area (Å²) in [6.45, 7) is 0.322. The molecule has 1 atom stereocenters. The molecule has 0 aliphatic rings. The third kappa shape index (κ3) is 4.53. The molecule has 5 aromatic rings. The van der Waals surface area contributed by atoms with Gasteiger partial charge in [-0.2, -0.15) is 0 Å². The molecule has 5 rings (SSSR count). The second-order valence-corrected chi connectivity index (χ2v) is 8.63. The monoisotopic (exact) mass is 501 g/mol. The van der Waals surface area contributed by atoms with E-state index in [4.69, 9.17) is 25.6 Å². The van der Waals surface area contributed by atoms with Gasteiger partial charge >= 0.3 is 0 Å².